The topological polar surface area (TPSA) is 34.8 Å². The van der Waals surface area contributed by atoms with Crippen LogP contribution in [0.15, 0.2) is 45.6 Å². The molecular formula is C12H9Br2N4+. The first-order valence-electron chi connectivity index (χ1n) is 5.34. The summed E-state index contributed by atoms with van der Waals surface area (Å²) in [5.74, 6) is 0. The van der Waals surface area contributed by atoms with Crippen molar-refractivity contribution in [3.05, 3.63) is 51.3 Å². The van der Waals surface area contributed by atoms with Gasteiger partial charge in [0.05, 0.1) is 4.47 Å². The maximum Gasteiger partial charge on any atom is 0.325 e. The van der Waals surface area contributed by atoms with Gasteiger partial charge >= 0.3 is 5.65 Å². The summed E-state index contributed by atoms with van der Waals surface area (Å²) < 4.78 is 3.88. The van der Waals surface area contributed by atoms with Crippen LogP contribution in [0, 0.1) is 6.92 Å². The highest BCUT2D eigenvalue weighted by Gasteiger charge is 2.17. The molecule has 0 spiro atoms. The lowest BCUT2D eigenvalue weighted by Crippen LogP contribution is -2.32. The van der Waals surface area contributed by atoms with Crippen molar-refractivity contribution < 1.29 is 4.52 Å². The molecule has 3 aromatic rings. The van der Waals surface area contributed by atoms with Crippen molar-refractivity contribution in [3.8, 4) is 5.69 Å². The minimum Gasteiger partial charge on any atom is -0.125 e. The molecule has 0 unspecified atom stereocenters. The minimum atomic E-state index is 0.848. The molecule has 2 aromatic heterocycles. The average Bonchev–Trinajstić information content (AvgIpc) is 2.67. The third-order valence-electron chi connectivity index (χ3n) is 2.60. The van der Waals surface area contributed by atoms with Gasteiger partial charge in [-0.15, -0.1) is 9.50 Å². The number of aromatic nitrogens is 4. The molecule has 1 aromatic carbocycles. The predicted molar refractivity (Wildman–Crippen MR) is 74.7 cm³/mol. The number of nitrogens with zero attached hydrogens (tertiary/aromatic N) is 4. The van der Waals surface area contributed by atoms with Gasteiger partial charge in [0.25, 0.3) is 0 Å². The fourth-order valence-corrected chi connectivity index (χ4v) is 2.35. The number of aryl methyl sites for hydroxylation is 1. The molecule has 0 bridgehead atoms. The van der Waals surface area contributed by atoms with E-state index in [0.717, 1.165) is 26.0 Å². The molecule has 0 saturated carbocycles. The Balaban J connectivity index is 2.28. The molecule has 18 heavy (non-hydrogen) atoms. The number of benzene rings is 1. The number of fused-ring (bicyclic) bond motifs is 1. The van der Waals surface area contributed by atoms with E-state index >= 15 is 0 Å². The van der Waals surface area contributed by atoms with Crippen molar-refractivity contribution in [2.75, 3.05) is 0 Å². The Bertz CT molecular complexity index is 719. The summed E-state index contributed by atoms with van der Waals surface area (Å²) in [4.78, 5) is 6.20. The quantitative estimate of drug-likeness (QED) is 0.619. The summed E-state index contributed by atoms with van der Waals surface area (Å²) >= 11 is 6.86. The summed E-state index contributed by atoms with van der Waals surface area (Å²) in [6, 6.07) is 7.99. The third kappa shape index (κ3) is 1.95. The second-order valence-corrected chi connectivity index (χ2v) is 5.72. The van der Waals surface area contributed by atoms with E-state index in [1.54, 1.807) is 6.20 Å². The Morgan fingerprint density at radius 2 is 1.83 bits per heavy atom. The Morgan fingerprint density at radius 1 is 1.11 bits per heavy atom. The Morgan fingerprint density at radius 3 is 2.56 bits per heavy atom. The maximum atomic E-state index is 4.51. The highest BCUT2D eigenvalue weighted by atomic mass is 79.9. The smallest absolute Gasteiger partial charge is 0.125 e. The highest BCUT2D eigenvalue weighted by Crippen LogP contribution is 2.14. The third-order valence-corrected chi connectivity index (χ3v) is 3.54. The van der Waals surface area contributed by atoms with Crippen molar-refractivity contribution in [3.63, 3.8) is 0 Å². The van der Waals surface area contributed by atoms with Crippen molar-refractivity contribution in [1.82, 2.24) is 14.9 Å². The van der Waals surface area contributed by atoms with E-state index < -0.39 is 0 Å². The van der Waals surface area contributed by atoms with Crippen molar-refractivity contribution >= 4 is 37.5 Å². The van der Waals surface area contributed by atoms with Gasteiger partial charge in [-0.1, -0.05) is 20.7 Å². The van der Waals surface area contributed by atoms with Gasteiger partial charge in [-0.25, -0.2) is 0 Å². The fraction of sp³-hybridized carbons (Fsp3) is 0.0833. The molecule has 6 heteroatoms. The fourth-order valence-electron chi connectivity index (χ4n) is 1.79. The first kappa shape index (κ1) is 11.8. The molecule has 0 saturated heterocycles. The number of hydrogen-bond donors (Lipinski definition) is 0. The molecule has 0 aliphatic carbocycles. The monoisotopic (exact) mass is 367 g/mol. The summed E-state index contributed by atoms with van der Waals surface area (Å²) in [6.45, 7) is 1.95. The number of hydrogen-bond acceptors (Lipinski definition) is 2. The van der Waals surface area contributed by atoms with Gasteiger partial charge in [0.15, 0.2) is 0 Å². The van der Waals surface area contributed by atoms with Crippen molar-refractivity contribution in [2.24, 2.45) is 0 Å². The molecule has 0 aliphatic rings. The van der Waals surface area contributed by atoms with E-state index in [1.807, 2.05) is 46.7 Å². The summed E-state index contributed by atoms with van der Waals surface area (Å²) in [7, 11) is 0. The molecule has 0 amide bonds. The lowest BCUT2D eigenvalue weighted by molar-refractivity contribution is -0.606. The summed E-state index contributed by atoms with van der Waals surface area (Å²) in [6.07, 6.45) is 3.72. The lowest BCUT2D eigenvalue weighted by Gasteiger charge is -1.98. The molecule has 0 N–H and O–H groups in total. The van der Waals surface area contributed by atoms with Gasteiger partial charge in [-0.3, -0.25) is 0 Å². The summed E-state index contributed by atoms with van der Waals surface area (Å²) in [5, 5.41) is 4.51. The normalized spacial score (nSPS) is 11.1. The molecule has 0 radical (unpaired) electrons. The van der Waals surface area contributed by atoms with E-state index in [2.05, 4.69) is 41.9 Å². The first-order valence-corrected chi connectivity index (χ1v) is 6.92. The predicted octanol–water partition coefficient (Wildman–Crippen LogP) is 2.84. The zero-order chi connectivity index (χ0) is 12.7. The standard InChI is InChI=1S/C12H9Br2N4/c1-8-12-15-6-10(14)7-17(12)18(16-8)11-4-2-9(13)3-5-11/h2-7H,1H3/q+1. The van der Waals surface area contributed by atoms with E-state index in [4.69, 9.17) is 0 Å². The van der Waals surface area contributed by atoms with Crippen LogP contribution >= 0.6 is 31.9 Å². The van der Waals surface area contributed by atoms with Crippen molar-refractivity contribution in [2.45, 2.75) is 6.92 Å². The molecule has 0 aliphatic heterocycles. The molecule has 3 rings (SSSR count). The van der Waals surface area contributed by atoms with Gasteiger partial charge in [0, 0.05) is 11.4 Å². The van der Waals surface area contributed by atoms with Gasteiger partial charge in [-0.2, -0.15) is 0 Å². The van der Waals surface area contributed by atoms with Gasteiger partial charge < -0.3 is 0 Å². The highest BCUT2D eigenvalue weighted by molar-refractivity contribution is 9.10. The molecule has 4 nitrogen and oxygen atoms in total. The van der Waals surface area contributed by atoms with E-state index in [9.17, 15) is 0 Å². The zero-order valence-electron chi connectivity index (χ0n) is 9.51. The number of rotatable bonds is 1. The van der Waals surface area contributed by atoms with Crippen LogP contribution in [0.4, 0.5) is 0 Å². The van der Waals surface area contributed by atoms with Gasteiger partial charge in [0.1, 0.15) is 18.1 Å². The SMILES string of the molecule is Cc1nn(-c2ccc(Br)cc2)[n+]2cc(Br)cnc12. The lowest BCUT2D eigenvalue weighted by atomic mass is 10.3. The maximum absolute atomic E-state index is 4.51. The first-order chi connectivity index (χ1) is 8.65. The van der Waals surface area contributed by atoms with Crippen LogP contribution < -0.4 is 4.52 Å². The van der Waals surface area contributed by atoms with Crippen molar-refractivity contribution in [1.29, 1.82) is 0 Å². The van der Waals surface area contributed by atoms with E-state index in [-0.39, 0.29) is 0 Å². The Hall–Kier alpha value is -1.27. The zero-order valence-corrected chi connectivity index (χ0v) is 12.7. The van der Waals surface area contributed by atoms with Gasteiger partial charge in [-0.05, 0) is 45.3 Å². The largest absolute Gasteiger partial charge is 0.325 e. The van der Waals surface area contributed by atoms with E-state index in [1.165, 1.54) is 0 Å². The van der Waals surface area contributed by atoms with Crippen LogP contribution in [-0.4, -0.2) is 14.9 Å². The van der Waals surface area contributed by atoms with Gasteiger partial charge in [0.2, 0.25) is 5.69 Å². The minimum absolute atomic E-state index is 0.848. The molecule has 0 fully saturated rings. The Kier molecular flexibility index (Phi) is 2.91. The Labute approximate surface area is 121 Å². The van der Waals surface area contributed by atoms with Crippen LogP contribution in [0.3, 0.4) is 0 Å². The van der Waals surface area contributed by atoms with E-state index in [0.29, 0.717) is 0 Å². The second kappa shape index (κ2) is 4.44. The number of halogens is 2. The molecule has 90 valence electrons. The summed E-state index contributed by atoms with van der Waals surface area (Å²) in [5.41, 5.74) is 2.73. The van der Waals surface area contributed by atoms with Crippen LogP contribution in [-0.2, 0) is 0 Å². The van der Waals surface area contributed by atoms with Crippen LogP contribution in [0.25, 0.3) is 11.3 Å². The van der Waals surface area contributed by atoms with Crippen LogP contribution in [0.2, 0.25) is 0 Å². The molecule has 0 atom stereocenters. The van der Waals surface area contributed by atoms with Crippen LogP contribution in [0.5, 0.6) is 0 Å². The molecular weight excluding hydrogens is 360 g/mol. The molecule has 2 heterocycles. The van der Waals surface area contributed by atoms with Crippen LogP contribution in [0.1, 0.15) is 5.69 Å². The second-order valence-electron chi connectivity index (χ2n) is 3.89. The average molecular weight is 369 g/mol.